The summed E-state index contributed by atoms with van der Waals surface area (Å²) in [6.07, 6.45) is 4.13. The van der Waals surface area contributed by atoms with Crippen molar-refractivity contribution in [1.29, 1.82) is 0 Å². The molecule has 0 saturated heterocycles. The maximum Gasteiger partial charge on any atom is 0.244 e. The Morgan fingerprint density at radius 1 is 1.39 bits per heavy atom. The summed E-state index contributed by atoms with van der Waals surface area (Å²) in [5.41, 5.74) is 0. The highest BCUT2D eigenvalue weighted by molar-refractivity contribution is 7.89. The highest BCUT2D eigenvalue weighted by Gasteiger charge is 2.21. The van der Waals surface area contributed by atoms with Crippen LogP contribution < -0.4 is 10.0 Å². The van der Waals surface area contributed by atoms with Gasteiger partial charge in [-0.1, -0.05) is 20.3 Å². The Balaban J connectivity index is 2.98. The highest BCUT2D eigenvalue weighted by atomic mass is 32.2. The molecule has 1 aromatic heterocycles. The van der Waals surface area contributed by atoms with E-state index in [2.05, 4.69) is 15.0 Å². The Morgan fingerprint density at radius 3 is 2.67 bits per heavy atom. The van der Waals surface area contributed by atoms with Crippen LogP contribution in [0, 0.1) is 0 Å². The van der Waals surface area contributed by atoms with Crippen LogP contribution in [0.25, 0.3) is 0 Å². The number of hydrogen-bond donors (Lipinski definition) is 2. The quantitative estimate of drug-likeness (QED) is 0.795. The van der Waals surface area contributed by atoms with Gasteiger partial charge in [-0.15, -0.1) is 0 Å². The third-order valence-electron chi connectivity index (χ3n) is 2.75. The number of anilines is 1. The molecular formula is C12H21N3O2S. The van der Waals surface area contributed by atoms with Gasteiger partial charge in [-0.3, -0.25) is 0 Å². The molecule has 0 fully saturated rings. The van der Waals surface area contributed by atoms with E-state index in [1.165, 1.54) is 0 Å². The summed E-state index contributed by atoms with van der Waals surface area (Å²) in [6, 6.07) is 3.15. The van der Waals surface area contributed by atoms with Crippen LogP contribution in [-0.4, -0.2) is 26.5 Å². The molecule has 0 bridgehead atoms. The largest absolute Gasteiger partial charge is 0.372 e. The second-order valence-corrected chi connectivity index (χ2v) is 5.80. The molecule has 18 heavy (non-hydrogen) atoms. The number of sulfonamides is 1. The van der Waals surface area contributed by atoms with E-state index >= 15 is 0 Å². The van der Waals surface area contributed by atoms with Crippen molar-refractivity contribution < 1.29 is 8.42 Å². The number of nitrogens with zero attached hydrogens (tertiary/aromatic N) is 1. The van der Waals surface area contributed by atoms with Crippen LogP contribution >= 0.6 is 0 Å². The molecule has 0 aliphatic heterocycles. The van der Waals surface area contributed by atoms with E-state index in [4.69, 9.17) is 0 Å². The van der Waals surface area contributed by atoms with Crippen LogP contribution in [0.15, 0.2) is 23.2 Å². The van der Waals surface area contributed by atoms with Gasteiger partial charge in [0.15, 0.2) is 0 Å². The molecule has 0 aromatic carbocycles. The minimum absolute atomic E-state index is 0.0232. The first-order valence-electron chi connectivity index (χ1n) is 6.20. The van der Waals surface area contributed by atoms with Crippen molar-refractivity contribution in [1.82, 2.24) is 9.71 Å². The molecule has 0 spiro atoms. The minimum atomic E-state index is -3.51. The van der Waals surface area contributed by atoms with E-state index in [1.54, 1.807) is 25.4 Å². The van der Waals surface area contributed by atoms with Gasteiger partial charge in [-0.05, 0) is 25.0 Å². The summed E-state index contributed by atoms with van der Waals surface area (Å²) in [7, 11) is -1.85. The van der Waals surface area contributed by atoms with Crippen LogP contribution in [0.3, 0.4) is 0 Å². The lowest BCUT2D eigenvalue weighted by molar-refractivity contribution is 0.512. The van der Waals surface area contributed by atoms with E-state index in [1.807, 2.05) is 13.8 Å². The fourth-order valence-corrected chi connectivity index (χ4v) is 3.29. The molecule has 0 aliphatic carbocycles. The molecule has 1 rings (SSSR count). The Hall–Kier alpha value is -1.14. The fourth-order valence-electron chi connectivity index (χ4n) is 1.77. The highest BCUT2D eigenvalue weighted by Crippen LogP contribution is 2.18. The average molecular weight is 271 g/mol. The van der Waals surface area contributed by atoms with Crippen molar-refractivity contribution in [2.45, 2.75) is 44.0 Å². The van der Waals surface area contributed by atoms with Crippen molar-refractivity contribution in [2.75, 3.05) is 12.4 Å². The van der Waals surface area contributed by atoms with Gasteiger partial charge in [0, 0.05) is 19.3 Å². The van der Waals surface area contributed by atoms with E-state index in [-0.39, 0.29) is 10.9 Å². The molecule has 1 aromatic rings. The van der Waals surface area contributed by atoms with Crippen LogP contribution in [0.1, 0.15) is 33.1 Å². The predicted octanol–water partition coefficient (Wildman–Crippen LogP) is 1.98. The lowest BCUT2D eigenvalue weighted by Gasteiger charge is -2.17. The maximum atomic E-state index is 12.3. The second-order valence-electron chi connectivity index (χ2n) is 4.12. The third kappa shape index (κ3) is 3.68. The average Bonchev–Trinajstić information content (AvgIpc) is 2.38. The zero-order valence-corrected chi connectivity index (χ0v) is 11.9. The van der Waals surface area contributed by atoms with Crippen LogP contribution in [0.2, 0.25) is 0 Å². The van der Waals surface area contributed by atoms with E-state index in [0.29, 0.717) is 5.82 Å². The monoisotopic (exact) mass is 271 g/mol. The first-order valence-corrected chi connectivity index (χ1v) is 7.68. The topological polar surface area (TPSA) is 71.1 Å². The number of aromatic nitrogens is 1. The number of nitrogens with one attached hydrogen (secondary N) is 2. The van der Waals surface area contributed by atoms with Crippen LogP contribution in [0.4, 0.5) is 5.82 Å². The van der Waals surface area contributed by atoms with E-state index < -0.39 is 10.0 Å². The number of hydrogen-bond acceptors (Lipinski definition) is 4. The Morgan fingerprint density at radius 2 is 2.11 bits per heavy atom. The van der Waals surface area contributed by atoms with Gasteiger partial charge in [0.25, 0.3) is 0 Å². The zero-order valence-electron chi connectivity index (χ0n) is 11.1. The summed E-state index contributed by atoms with van der Waals surface area (Å²) < 4.78 is 27.3. The number of rotatable bonds is 7. The first kappa shape index (κ1) is 14.9. The SMILES string of the molecule is CCCC(CC)NS(=O)(=O)c1cccnc1NC. The van der Waals surface area contributed by atoms with Crippen molar-refractivity contribution in [3.05, 3.63) is 18.3 Å². The summed E-state index contributed by atoms with van der Waals surface area (Å²) in [5, 5.41) is 2.79. The molecular weight excluding hydrogens is 250 g/mol. The molecule has 0 radical (unpaired) electrons. The molecule has 1 unspecified atom stereocenters. The predicted molar refractivity (Wildman–Crippen MR) is 73.1 cm³/mol. The van der Waals surface area contributed by atoms with Crippen molar-refractivity contribution >= 4 is 15.8 Å². The minimum Gasteiger partial charge on any atom is -0.372 e. The molecule has 5 nitrogen and oxygen atoms in total. The summed E-state index contributed by atoms with van der Waals surface area (Å²) in [6.45, 7) is 4.02. The molecule has 1 atom stereocenters. The molecule has 0 amide bonds. The first-order chi connectivity index (χ1) is 8.55. The van der Waals surface area contributed by atoms with Crippen LogP contribution in [0.5, 0.6) is 0 Å². The Labute approximate surface area is 109 Å². The number of pyridine rings is 1. The van der Waals surface area contributed by atoms with Gasteiger partial charge < -0.3 is 5.32 Å². The van der Waals surface area contributed by atoms with Gasteiger partial charge in [0.2, 0.25) is 10.0 Å². The van der Waals surface area contributed by atoms with Crippen LogP contribution in [-0.2, 0) is 10.0 Å². The molecule has 102 valence electrons. The van der Waals surface area contributed by atoms with Gasteiger partial charge in [-0.25, -0.2) is 18.1 Å². The normalized spacial score (nSPS) is 13.3. The zero-order chi connectivity index (χ0) is 13.6. The second kappa shape index (κ2) is 6.70. The molecule has 1 heterocycles. The Bertz CT molecular complexity index is 474. The fraction of sp³-hybridized carbons (Fsp3) is 0.583. The smallest absolute Gasteiger partial charge is 0.244 e. The van der Waals surface area contributed by atoms with Crippen molar-refractivity contribution in [3.63, 3.8) is 0 Å². The van der Waals surface area contributed by atoms with Gasteiger partial charge in [0.05, 0.1) is 0 Å². The lowest BCUT2D eigenvalue weighted by atomic mass is 10.1. The molecule has 2 N–H and O–H groups in total. The van der Waals surface area contributed by atoms with Crippen molar-refractivity contribution in [3.8, 4) is 0 Å². The van der Waals surface area contributed by atoms with Gasteiger partial charge >= 0.3 is 0 Å². The molecule has 0 saturated carbocycles. The molecule has 6 heteroatoms. The maximum absolute atomic E-state index is 12.3. The molecule has 0 aliphatic rings. The summed E-state index contributed by atoms with van der Waals surface area (Å²) in [4.78, 5) is 4.21. The van der Waals surface area contributed by atoms with E-state index in [9.17, 15) is 8.42 Å². The summed E-state index contributed by atoms with van der Waals surface area (Å²) >= 11 is 0. The summed E-state index contributed by atoms with van der Waals surface area (Å²) in [5.74, 6) is 0.372. The Kier molecular flexibility index (Phi) is 5.55. The van der Waals surface area contributed by atoms with Gasteiger partial charge in [0.1, 0.15) is 10.7 Å². The lowest BCUT2D eigenvalue weighted by Crippen LogP contribution is -2.34. The third-order valence-corrected chi connectivity index (χ3v) is 4.30. The standard InChI is InChI=1S/C12H21N3O2S/c1-4-7-10(5-2)15-18(16,17)11-8-6-9-14-12(11)13-3/h6,8-10,15H,4-5,7H2,1-3H3,(H,13,14). The van der Waals surface area contributed by atoms with E-state index in [0.717, 1.165) is 19.3 Å². The van der Waals surface area contributed by atoms with Gasteiger partial charge in [-0.2, -0.15) is 0 Å². The van der Waals surface area contributed by atoms with Crippen molar-refractivity contribution in [2.24, 2.45) is 0 Å².